The van der Waals surface area contributed by atoms with Crippen LogP contribution in [0, 0.1) is 5.82 Å². The first kappa shape index (κ1) is 15.0. The SMILES string of the molecule is Nc1cc(=O)[nH]c(SCCC(=O)Nc2ccccc2F)n1. The largest absolute Gasteiger partial charge is 0.383 e. The van der Waals surface area contributed by atoms with Gasteiger partial charge in [0.05, 0.1) is 5.69 Å². The third kappa shape index (κ3) is 4.60. The number of rotatable bonds is 5. The van der Waals surface area contributed by atoms with Gasteiger partial charge in [-0.15, -0.1) is 0 Å². The number of anilines is 2. The van der Waals surface area contributed by atoms with Crippen LogP contribution in [0.2, 0.25) is 0 Å². The number of para-hydroxylation sites is 1. The monoisotopic (exact) mass is 308 g/mol. The zero-order valence-corrected chi connectivity index (χ0v) is 11.7. The van der Waals surface area contributed by atoms with E-state index in [1.165, 1.54) is 30.0 Å². The highest BCUT2D eigenvalue weighted by atomic mass is 32.2. The van der Waals surface area contributed by atoms with E-state index in [9.17, 15) is 14.0 Å². The van der Waals surface area contributed by atoms with Gasteiger partial charge >= 0.3 is 0 Å². The van der Waals surface area contributed by atoms with Gasteiger partial charge in [0.25, 0.3) is 5.56 Å². The summed E-state index contributed by atoms with van der Waals surface area (Å²) in [5, 5.41) is 2.82. The number of H-pyrrole nitrogens is 1. The average molecular weight is 308 g/mol. The fraction of sp³-hybridized carbons (Fsp3) is 0.154. The first-order chi connectivity index (χ1) is 10.0. The highest BCUT2D eigenvalue weighted by molar-refractivity contribution is 7.99. The Labute approximate surface area is 124 Å². The summed E-state index contributed by atoms with van der Waals surface area (Å²) < 4.78 is 13.3. The van der Waals surface area contributed by atoms with Crippen molar-refractivity contribution >= 4 is 29.2 Å². The topological polar surface area (TPSA) is 101 Å². The zero-order valence-electron chi connectivity index (χ0n) is 10.9. The number of amides is 1. The maximum absolute atomic E-state index is 13.3. The summed E-state index contributed by atoms with van der Waals surface area (Å²) in [6, 6.07) is 7.11. The highest BCUT2D eigenvalue weighted by Gasteiger charge is 2.07. The molecule has 0 spiro atoms. The number of carbonyl (C=O) groups excluding carboxylic acids is 1. The number of nitrogens with two attached hydrogens (primary N) is 1. The number of aromatic amines is 1. The summed E-state index contributed by atoms with van der Waals surface area (Å²) in [6.07, 6.45) is 0.150. The summed E-state index contributed by atoms with van der Waals surface area (Å²) >= 11 is 1.19. The van der Waals surface area contributed by atoms with Crippen molar-refractivity contribution in [2.24, 2.45) is 0 Å². The van der Waals surface area contributed by atoms with Crippen molar-refractivity contribution in [3.8, 4) is 0 Å². The van der Waals surface area contributed by atoms with Gasteiger partial charge in [0.1, 0.15) is 11.6 Å². The second-order valence-corrected chi connectivity index (χ2v) is 5.19. The lowest BCUT2D eigenvalue weighted by Crippen LogP contribution is -2.14. The second-order valence-electron chi connectivity index (χ2n) is 4.10. The molecule has 0 saturated carbocycles. The Morgan fingerprint density at radius 2 is 2.19 bits per heavy atom. The third-order valence-electron chi connectivity index (χ3n) is 2.46. The Balaban J connectivity index is 1.84. The molecule has 4 N–H and O–H groups in total. The van der Waals surface area contributed by atoms with E-state index in [4.69, 9.17) is 5.73 Å². The van der Waals surface area contributed by atoms with Gasteiger partial charge in [-0.3, -0.25) is 9.59 Å². The van der Waals surface area contributed by atoms with E-state index in [2.05, 4.69) is 15.3 Å². The summed E-state index contributed by atoms with van der Waals surface area (Å²) in [7, 11) is 0. The molecular formula is C13H13FN4O2S. The lowest BCUT2D eigenvalue weighted by Gasteiger charge is -2.06. The van der Waals surface area contributed by atoms with Gasteiger partial charge in [0.15, 0.2) is 5.16 Å². The Morgan fingerprint density at radius 1 is 1.43 bits per heavy atom. The molecule has 0 fully saturated rings. The number of nitrogens with one attached hydrogen (secondary N) is 2. The van der Waals surface area contributed by atoms with Crippen molar-refractivity contribution in [3.05, 3.63) is 46.5 Å². The minimum absolute atomic E-state index is 0.122. The van der Waals surface area contributed by atoms with Crippen LogP contribution in [0.3, 0.4) is 0 Å². The fourth-order valence-corrected chi connectivity index (χ4v) is 2.36. The molecular weight excluding hydrogens is 295 g/mol. The second kappa shape index (κ2) is 6.89. The van der Waals surface area contributed by atoms with Crippen molar-refractivity contribution in [1.29, 1.82) is 0 Å². The number of aromatic nitrogens is 2. The van der Waals surface area contributed by atoms with E-state index in [0.29, 0.717) is 10.9 Å². The number of nitrogen functional groups attached to an aromatic ring is 1. The minimum Gasteiger partial charge on any atom is -0.383 e. The molecule has 1 aromatic heterocycles. The zero-order chi connectivity index (χ0) is 15.2. The van der Waals surface area contributed by atoms with Crippen molar-refractivity contribution in [1.82, 2.24) is 9.97 Å². The maximum Gasteiger partial charge on any atom is 0.253 e. The molecule has 110 valence electrons. The standard InChI is InChI=1S/C13H13FN4O2S/c14-8-3-1-2-4-9(8)16-11(19)5-6-21-13-17-10(15)7-12(20)18-13/h1-4,7H,5-6H2,(H,16,19)(H3,15,17,18,20). The van der Waals surface area contributed by atoms with Crippen LogP contribution in [0.4, 0.5) is 15.9 Å². The van der Waals surface area contributed by atoms with Gasteiger partial charge in [0, 0.05) is 18.2 Å². The van der Waals surface area contributed by atoms with Crippen LogP contribution in [0.5, 0.6) is 0 Å². The molecule has 8 heteroatoms. The number of thioether (sulfide) groups is 1. The Kier molecular flexibility index (Phi) is 4.94. The molecule has 0 aliphatic rings. The summed E-state index contributed by atoms with van der Waals surface area (Å²) in [5.74, 6) is -0.302. The Morgan fingerprint density at radius 3 is 2.90 bits per heavy atom. The van der Waals surface area contributed by atoms with Gasteiger partial charge in [-0.1, -0.05) is 23.9 Å². The summed E-state index contributed by atoms with van der Waals surface area (Å²) in [4.78, 5) is 29.3. The van der Waals surface area contributed by atoms with Crippen molar-refractivity contribution < 1.29 is 9.18 Å². The van der Waals surface area contributed by atoms with E-state index in [1.807, 2.05) is 0 Å². The van der Waals surface area contributed by atoms with E-state index in [-0.39, 0.29) is 29.4 Å². The van der Waals surface area contributed by atoms with Crippen LogP contribution >= 0.6 is 11.8 Å². The van der Waals surface area contributed by atoms with Crippen LogP contribution in [-0.2, 0) is 4.79 Å². The van der Waals surface area contributed by atoms with Gasteiger partial charge in [-0.2, -0.15) is 0 Å². The maximum atomic E-state index is 13.3. The number of nitrogens with zero attached hydrogens (tertiary/aromatic N) is 1. The number of hydrogen-bond donors (Lipinski definition) is 3. The van der Waals surface area contributed by atoms with Gasteiger partial charge in [-0.25, -0.2) is 9.37 Å². The molecule has 2 aromatic rings. The van der Waals surface area contributed by atoms with E-state index in [1.54, 1.807) is 12.1 Å². The molecule has 0 bridgehead atoms. The van der Waals surface area contributed by atoms with Crippen LogP contribution in [0.1, 0.15) is 6.42 Å². The predicted molar refractivity (Wildman–Crippen MR) is 79.6 cm³/mol. The molecule has 6 nitrogen and oxygen atoms in total. The fourth-order valence-electron chi connectivity index (χ4n) is 1.54. The molecule has 1 aromatic carbocycles. The highest BCUT2D eigenvalue weighted by Crippen LogP contribution is 2.15. The van der Waals surface area contributed by atoms with Crippen molar-refractivity contribution in [3.63, 3.8) is 0 Å². The summed E-state index contributed by atoms with van der Waals surface area (Å²) in [5.41, 5.74) is 5.24. The predicted octanol–water partition coefficient (Wildman–Crippen LogP) is 1.61. The van der Waals surface area contributed by atoms with Crippen LogP contribution in [-0.4, -0.2) is 21.6 Å². The third-order valence-corrected chi connectivity index (χ3v) is 3.33. The number of halogens is 1. The molecule has 0 aliphatic carbocycles. The molecule has 1 heterocycles. The quantitative estimate of drug-likeness (QED) is 0.575. The normalized spacial score (nSPS) is 10.3. The first-order valence-electron chi connectivity index (χ1n) is 6.08. The molecule has 1 amide bonds. The smallest absolute Gasteiger partial charge is 0.253 e. The number of hydrogen-bond acceptors (Lipinski definition) is 5. The molecule has 0 unspecified atom stereocenters. The van der Waals surface area contributed by atoms with Gasteiger partial charge in [-0.05, 0) is 12.1 Å². The van der Waals surface area contributed by atoms with E-state index in [0.717, 1.165) is 0 Å². The van der Waals surface area contributed by atoms with Crippen LogP contribution in [0.25, 0.3) is 0 Å². The van der Waals surface area contributed by atoms with Crippen molar-refractivity contribution in [2.75, 3.05) is 16.8 Å². The molecule has 2 rings (SSSR count). The summed E-state index contributed by atoms with van der Waals surface area (Å²) in [6.45, 7) is 0. The molecule has 21 heavy (non-hydrogen) atoms. The van der Waals surface area contributed by atoms with Gasteiger partial charge in [0.2, 0.25) is 5.91 Å². The molecule has 0 radical (unpaired) electrons. The lowest BCUT2D eigenvalue weighted by atomic mass is 10.3. The van der Waals surface area contributed by atoms with Crippen molar-refractivity contribution in [2.45, 2.75) is 11.6 Å². The average Bonchev–Trinajstić information content (AvgIpc) is 2.40. The lowest BCUT2D eigenvalue weighted by molar-refractivity contribution is -0.115. The van der Waals surface area contributed by atoms with E-state index < -0.39 is 5.82 Å². The molecule has 0 aliphatic heterocycles. The van der Waals surface area contributed by atoms with Crippen LogP contribution < -0.4 is 16.6 Å². The van der Waals surface area contributed by atoms with Crippen LogP contribution in [0.15, 0.2) is 40.3 Å². The Hall–Kier alpha value is -2.35. The molecule has 0 saturated heterocycles. The number of carbonyl (C=O) groups is 1. The first-order valence-corrected chi connectivity index (χ1v) is 7.07. The minimum atomic E-state index is -0.486. The Bertz CT molecular complexity index is 705. The van der Waals surface area contributed by atoms with E-state index >= 15 is 0 Å². The number of benzene rings is 1. The van der Waals surface area contributed by atoms with Gasteiger partial charge < -0.3 is 16.0 Å². The molecule has 0 atom stereocenters.